The van der Waals surface area contributed by atoms with Crippen LogP contribution in [0.5, 0.6) is 5.75 Å². The van der Waals surface area contributed by atoms with Gasteiger partial charge in [-0.1, -0.05) is 12.1 Å². The SMILES string of the molecule is O=S(=O)(O)c1cc(O)c2cc(CNc3nc(Cl)nc(Cl)n3)ccc2c1. The van der Waals surface area contributed by atoms with Gasteiger partial charge in [0.1, 0.15) is 5.75 Å². The molecule has 0 aliphatic rings. The van der Waals surface area contributed by atoms with Crippen LogP contribution in [0.2, 0.25) is 10.6 Å². The number of fused-ring (bicyclic) bond motifs is 1. The highest BCUT2D eigenvalue weighted by Crippen LogP contribution is 2.29. The number of hydrogen-bond donors (Lipinski definition) is 3. The topological polar surface area (TPSA) is 125 Å². The van der Waals surface area contributed by atoms with E-state index in [1.165, 1.54) is 6.07 Å². The molecule has 0 saturated heterocycles. The number of phenolic OH excluding ortho intramolecular Hbond substituents is 1. The second kappa shape index (κ2) is 6.60. The fourth-order valence-electron chi connectivity index (χ4n) is 2.20. The van der Waals surface area contributed by atoms with Gasteiger partial charge >= 0.3 is 0 Å². The van der Waals surface area contributed by atoms with E-state index in [9.17, 15) is 13.5 Å². The first-order chi connectivity index (χ1) is 11.7. The van der Waals surface area contributed by atoms with Crippen LogP contribution in [0.25, 0.3) is 10.8 Å². The first-order valence-electron chi connectivity index (χ1n) is 6.76. The quantitative estimate of drug-likeness (QED) is 0.570. The molecule has 25 heavy (non-hydrogen) atoms. The molecule has 0 atom stereocenters. The maximum Gasteiger partial charge on any atom is 0.294 e. The van der Waals surface area contributed by atoms with Gasteiger partial charge in [-0.15, -0.1) is 0 Å². The van der Waals surface area contributed by atoms with Crippen molar-refractivity contribution in [3.63, 3.8) is 0 Å². The fraction of sp³-hybridized carbons (Fsp3) is 0.0714. The Labute approximate surface area is 152 Å². The predicted molar refractivity (Wildman–Crippen MR) is 92.6 cm³/mol. The van der Waals surface area contributed by atoms with Crippen LogP contribution in [0.15, 0.2) is 35.2 Å². The van der Waals surface area contributed by atoms with Crippen LogP contribution in [0.4, 0.5) is 5.95 Å². The molecule has 3 aromatic rings. The van der Waals surface area contributed by atoms with Crippen molar-refractivity contribution in [3.05, 3.63) is 46.5 Å². The van der Waals surface area contributed by atoms with Crippen molar-refractivity contribution in [2.75, 3.05) is 5.32 Å². The Bertz CT molecular complexity index is 1060. The summed E-state index contributed by atoms with van der Waals surface area (Å²) < 4.78 is 31.5. The summed E-state index contributed by atoms with van der Waals surface area (Å²) in [6.07, 6.45) is 0. The van der Waals surface area contributed by atoms with Gasteiger partial charge in [-0.05, 0) is 46.3 Å². The Morgan fingerprint density at radius 3 is 2.36 bits per heavy atom. The number of hydrogen-bond acceptors (Lipinski definition) is 7. The van der Waals surface area contributed by atoms with Crippen LogP contribution in [0.1, 0.15) is 5.56 Å². The molecule has 1 heterocycles. The normalized spacial score (nSPS) is 11.6. The van der Waals surface area contributed by atoms with Crippen LogP contribution in [-0.2, 0) is 16.7 Å². The fourth-order valence-corrected chi connectivity index (χ4v) is 3.10. The van der Waals surface area contributed by atoms with Crippen molar-refractivity contribution in [3.8, 4) is 5.75 Å². The average Bonchev–Trinajstić information content (AvgIpc) is 2.51. The van der Waals surface area contributed by atoms with Crippen molar-refractivity contribution in [1.82, 2.24) is 15.0 Å². The van der Waals surface area contributed by atoms with Crippen molar-refractivity contribution in [1.29, 1.82) is 0 Å². The Morgan fingerprint density at radius 2 is 1.72 bits per heavy atom. The number of benzene rings is 2. The molecule has 0 unspecified atom stereocenters. The molecule has 0 amide bonds. The zero-order valence-electron chi connectivity index (χ0n) is 12.3. The second-order valence-corrected chi connectivity index (χ2v) is 7.12. The standard InChI is InChI=1S/C14H10Cl2N4O4S/c15-12-18-13(16)20-14(19-12)17-6-7-1-2-8-4-9(25(22,23)24)5-11(21)10(8)3-7/h1-5,21H,6H2,(H,22,23,24)(H,17,18,19,20). The van der Waals surface area contributed by atoms with Crippen molar-refractivity contribution in [2.45, 2.75) is 11.4 Å². The largest absolute Gasteiger partial charge is 0.507 e. The second-order valence-electron chi connectivity index (χ2n) is 5.02. The van der Waals surface area contributed by atoms with E-state index in [-0.39, 0.29) is 27.2 Å². The Hall–Kier alpha value is -2.20. The molecule has 1 aromatic heterocycles. The molecule has 0 fully saturated rings. The Balaban J connectivity index is 1.90. The van der Waals surface area contributed by atoms with Gasteiger partial charge in [0.25, 0.3) is 10.1 Å². The van der Waals surface area contributed by atoms with Gasteiger partial charge < -0.3 is 10.4 Å². The predicted octanol–water partition coefficient (Wildman–Crippen LogP) is 2.90. The lowest BCUT2D eigenvalue weighted by molar-refractivity contribution is 0.471. The van der Waals surface area contributed by atoms with Gasteiger partial charge in [-0.2, -0.15) is 23.4 Å². The molecule has 3 rings (SSSR count). The lowest BCUT2D eigenvalue weighted by Crippen LogP contribution is -2.05. The van der Waals surface area contributed by atoms with E-state index in [0.717, 1.165) is 11.6 Å². The maximum absolute atomic E-state index is 11.2. The van der Waals surface area contributed by atoms with Gasteiger partial charge in [0.15, 0.2) is 0 Å². The minimum atomic E-state index is -4.40. The third-order valence-corrected chi connectivity index (χ3v) is 4.47. The summed E-state index contributed by atoms with van der Waals surface area (Å²) in [7, 11) is -4.40. The third-order valence-electron chi connectivity index (χ3n) is 3.30. The summed E-state index contributed by atoms with van der Waals surface area (Å²) in [6.45, 7) is 0.298. The number of aromatic hydroxyl groups is 1. The lowest BCUT2D eigenvalue weighted by atomic mass is 10.1. The van der Waals surface area contributed by atoms with Crippen molar-refractivity contribution in [2.24, 2.45) is 0 Å². The summed E-state index contributed by atoms with van der Waals surface area (Å²) in [5.74, 6) is -0.0748. The van der Waals surface area contributed by atoms with Crippen LogP contribution in [0, 0.1) is 0 Å². The molecular formula is C14H10Cl2N4O4S. The summed E-state index contributed by atoms with van der Waals surface area (Å²) in [6, 6.07) is 7.25. The number of nitrogens with one attached hydrogen (secondary N) is 1. The minimum absolute atomic E-state index is 0.0450. The van der Waals surface area contributed by atoms with Gasteiger partial charge in [-0.25, -0.2) is 0 Å². The zero-order chi connectivity index (χ0) is 18.2. The highest BCUT2D eigenvalue weighted by Gasteiger charge is 2.13. The van der Waals surface area contributed by atoms with E-state index in [1.54, 1.807) is 18.2 Å². The molecule has 2 aromatic carbocycles. The van der Waals surface area contributed by atoms with E-state index in [0.29, 0.717) is 17.3 Å². The highest BCUT2D eigenvalue weighted by atomic mass is 35.5. The highest BCUT2D eigenvalue weighted by molar-refractivity contribution is 7.85. The molecule has 0 bridgehead atoms. The monoisotopic (exact) mass is 400 g/mol. The molecule has 0 aliphatic carbocycles. The summed E-state index contributed by atoms with van der Waals surface area (Å²) in [4.78, 5) is 11.0. The molecule has 0 spiro atoms. The number of rotatable bonds is 4. The third kappa shape index (κ3) is 4.07. The summed E-state index contributed by atoms with van der Waals surface area (Å²) >= 11 is 11.4. The van der Waals surface area contributed by atoms with Crippen LogP contribution in [0.3, 0.4) is 0 Å². The summed E-state index contributed by atoms with van der Waals surface area (Å²) in [5, 5.41) is 13.7. The first-order valence-corrected chi connectivity index (χ1v) is 8.96. The molecule has 3 N–H and O–H groups in total. The van der Waals surface area contributed by atoms with Gasteiger partial charge in [0, 0.05) is 18.0 Å². The molecule has 0 saturated carbocycles. The molecular weight excluding hydrogens is 391 g/mol. The minimum Gasteiger partial charge on any atom is -0.507 e. The average molecular weight is 401 g/mol. The Morgan fingerprint density at radius 1 is 1.04 bits per heavy atom. The van der Waals surface area contributed by atoms with Crippen LogP contribution >= 0.6 is 23.2 Å². The maximum atomic E-state index is 11.2. The first kappa shape index (κ1) is 17.6. The van der Waals surface area contributed by atoms with E-state index in [2.05, 4.69) is 20.3 Å². The van der Waals surface area contributed by atoms with Crippen molar-refractivity contribution >= 4 is 50.0 Å². The number of nitrogens with zero attached hydrogens (tertiary/aromatic N) is 3. The number of aromatic nitrogens is 3. The smallest absolute Gasteiger partial charge is 0.294 e. The van der Waals surface area contributed by atoms with Gasteiger partial charge in [0.05, 0.1) is 4.90 Å². The number of halogens is 2. The molecule has 8 nitrogen and oxygen atoms in total. The van der Waals surface area contributed by atoms with Gasteiger partial charge in [-0.3, -0.25) is 4.55 Å². The summed E-state index contributed by atoms with van der Waals surface area (Å²) in [5.41, 5.74) is 0.759. The molecule has 0 aliphatic heterocycles. The van der Waals surface area contributed by atoms with Crippen LogP contribution in [-0.4, -0.2) is 33.0 Å². The number of anilines is 1. The Kier molecular flexibility index (Phi) is 4.65. The molecule has 130 valence electrons. The van der Waals surface area contributed by atoms with E-state index in [1.807, 2.05) is 0 Å². The van der Waals surface area contributed by atoms with Crippen LogP contribution < -0.4 is 5.32 Å². The molecule has 11 heteroatoms. The van der Waals surface area contributed by atoms with E-state index < -0.39 is 10.1 Å². The van der Waals surface area contributed by atoms with E-state index in [4.69, 9.17) is 27.8 Å². The lowest BCUT2D eigenvalue weighted by Gasteiger charge is -2.08. The molecule has 0 radical (unpaired) electrons. The van der Waals surface area contributed by atoms with Crippen molar-refractivity contribution < 1.29 is 18.1 Å². The zero-order valence-corrected chi connectivity index (χ0v) is 14.6. The number of phenols is 1. The van der Waals surface area contributed by atoms with Gasteiger partial charge in [0.2, 0.25) is 16.5 Å². The van der Waals surface area contributed by atoms with E-state index >= 15 is 0 Å².